The molecule has 0 atom stereocenters. The number of ether oxygens (including phenoxy) is 1. The van der Waals surface area contributed by atoms with Crippen LogP contribution in [0.25, 0.3) is 38.6 Å². The van der Waals surface area contributed by atoms with Crippen LogP contribution in [0.15, 0.2) is 322 Å². The van der Waals surface area contributed by atoms with Gasteiger partial charge in [-0.15, -0.1) is 0 Å². The van der Waals surface area contributed by atoms with Gasteiger partial charge in [-0.3, -0.25) is 0 Å². The molecular formula is C84H53B2N5OSe2. The van der Waals surface area contributed by atoms with E-state index in [-0.39, 0.29) is 42.4 Å². The number of fused-ring (bicyclic) bond motifs is 14. The zero-order valence-corrected chi connectivity index (χ0v) is 54.1. The van der Waals surface area contributed by atoms with Gasteiger partial charge in [-0.2, -0.15) is 0 Å². The molecule has 20 rings (SSSR count). The van der Waals surface area contributed by atoms with Crippen molar-refractivity contribution in [2.45, 2.75) is 0 Å². The zero-order valence-electron chi connectivity index (χ0n) is 50.7. The van der Waals surface area contributed by atoms with Crippen molar-refractivity contribution in [3.8, 4) is 11.5 Å². The van der Waals surface area contributed by atoms with E-state index in [9.17, 15) is 0 Å². The molecule has 0 amide bonds. The molecule has 4 aliphatic rings. The summed E-state index contributed by atoms with van der Waals surface area (Å²) in [5.74, 6) is 1.70. The zero-order chi connectivity index (χ0) is 61.5. The van der Waals surface area contributed by atoms with E-state index < -0.39 is 0 Å². The van der Waals surface area contributed by atoms with Crippen molar-refractivity contribution >= 4 is 199 Å². The van der Waals surface area contributed by atoms with Gasteiger partial charge in [-0.1, -0.05) is 84.9 Å². The molecule has 0 radical (unpaired) electrons. The summed E-state index contributed by atoms with van der Waals surface area (Å²) in [5.41, 5.74) is 24.0. The number of benzene rings is 14. The van der Waals surface area contributed by atoms with Crippen LogP contribution in [0.1, 0.15) is 0 Å². The Hall–Kier alpha value is -11.0. The molecule has 16 aromatic rings. The van der Waals surface area contributed by atoms with Gasteiger partial charge in [0.15, 0.2) is 0 Å². The van der Waals surface area contributed by atoms with E-state index >= 15 is 0 Å². The number of rotatable bonds is 9. The van der Waals surface area contributed by atoms with Gasteiger partial charge in [0.1, 0.15) is 0 Å². The number of anilines is 15. The normalized spacial score (nSPS) is 13.1. The molecular weight excluding hydrogens is 1270 g/mol. The van der Waals surface area contributed by atoms with E-state index in [0.29, 0.717) is 0 Å². The number of hydrogen-bond donors (Lipinski definition) is 0. The summed E-state index contributed by atoms with van der Waals surface area (Å²) < 4.78 is 13.6. The number of hydrogen-bond acceptors (Lipinski definition) is 6. The van der Waals surface area contributed by atoms with Crippen molar-refractivity contribution < 1.29 is 4.74 Å². The van der Waals surface area contributed by atoms with Crippen molar-refractivity contribution in [3.05, 3.63) is 322 Å². The first kappa shape index (κ1) is 53.7. The van der Waals surface area contributed by atoms with Gasteiger partial charge < -0.3 is 9.80 Å². The standard InChI is InChI=1S/C84H53B2N5OSe2/c1-6-26-54(27-7-1)87(55-28-8-2-9-29-55)59-48-74-81-75(49-59)90(58-34-14-5-15-35-58)73-53-77-68(52-67(73)85(81)65-40-18-20-42-69(65)89(74)57-32-12-4-13-33-57)86-66-41-19-21-43-70(66)91(72-45-25-39-64-62-37-17-23-47-80(62)94-84(64)72)76-50-60(51-78(92-77)82(76)86)88(56-30-10-3-11-31-56)71-44-24-38-63-61-36-16-22-46-79(61)93-83(63)71/h1-53H. The Morgan fingerprint density at radius 1 is 0.266 bits per heavy atom. The molecule has 0 unspecified atom stereocenters. The first-order valence-electron chi connectivity index (χ1n) is 32.1. The van der Waals surface area contributed by atoms with Crippen molar-refractivity contribution in [1.29, 1.82) is 0 Å². The first-order chi connectivity index (χ1) is 46.7. The fourth-order valence-corrected chi connectivity index (χ4v) is 20.8. The smallest absolute Gasteiger partial charge is 0.0380 e. The van der Waals surface area contributed by atoms with E-state index in [1.165, 1.54) is 83.0 Å². The molecule has 10 heteroatoms. The van der Waals surface area contributed by atoms with Crippen LogP contribution in [0, 0.1) is 0 Å². The molecule has 438 valence electrons. The van der Waals surface area contributed by atoms with Crippen LogP contribution in [-0.2, 0) is 0 Å². The third kappa shape index (κ3) is 8.11. The van der Waals surface area contributed by atoms with Crippen LogP contribution in [0.3, 0.4) is 0 Å². The van der Waals surface area contributed by atoms with Crippen molar-refractivity contribution in [1.82, 2.24) is 0 Å². The Labute approximate surface area is 557 Å². The third-order valence-corrected chi connectivity index (χ3v) is 24.7. The minimum Gasteiger partial charge on any atom is -0.0602 e. The quantitative estimate of drug-likeness (QED) is 0.134. The molecule has 0 fully saturated rings. The van der Waals surface area contributed by atoms with Crippen LogP contribution in [-0.4, -0.2) is 42.4 Å². The van der Waals surface area contributed by atoms with Gasteiger partial charge in [0, 0.05) is 17.1 Å². The molecule has 0 bridgehead atoms. The largest absolute Gasteiger partial charge is 0.0602 e. The van der Waals surface area contributed by atoms with Crippen molar-refractivity contribution in [3.63, 3.8) is 0 Å². The molecule has 6 heterocycles. The fourth-order valence-electron chi connectivity index (χ4n) is 15.8. The molecule has 0 aliphatic carbocycles. The molecule has 94 heavy (non-hydrogen) atoms. The van der Waals surface area contributed by atoms with E-state index in [0.717, 1.165) is 85.2 Å². The molecule has 0 spiro atoms. The summed E-state index contributed by atoms with van der Waals surface area (Å²) in [6, 6.07) is 119. The summed E-state index contributed by atoms with van der Waals surface area (Å²) in [6.07, 6.45) is 0. The minimum atomic E-state index is -0.192. The first-order valence-corrected chi connectivity index (χ1v) is 35.6. The van der Waals surface area contributed by atoms with Gasteiger partial charge in [0.25, 0.3) is 0 Å². The maximum atomic E-state index is 7.95. The Bertz CT molecular complexity index is 5690. The number of nitrogens with zero attached hydrogens (tertiary/aromatic N) is 5. The van der Waals surface area contributed by atoms with E-state index in [2.05, 4.69) is 346 Å². The summed E-state index contributed by atoms with van der Waals surface area (Å²) in [4.78, 5) is 12.6. The molecule has 0 saturated heterocycles. The van der Waals surface area contributed by atoms with Crippen molar-refractivity contribution in [2.24, 2.45) is 0 Å². The summed E-state index contributed by atoms with van der Waals surface area (Å²) >= 11 is 0.148. The second-order valence-corrected chi connectivity index (χ2v) is 29.1. The fraction of sp³-hybridized carbons (Fsp3) is 0. The van der Waals surface area contributed by atoms with E-state index in [4.69, 9.17) is 4.74 Å². The molecule has 4 aliphatic heterocycles. The Morgan fingerprint density at radius 3 is 1.31 bits per heavy atom. The maximum absolute atomic E-state index is 7.95. The minimum absolute atomic E-state index is 0.0696. The summed E-state index contributed by atoms with van der Waals surface area (Å²) in [6.45, 7) is -0.353. The van der Waals surface area contributed by atoms with E-state index in [1.807, 2.05) is 0 Å². The Kier molecular flexibility index (Phi) is 12.2. The van der Waals surface area contributed by atoms with Crippen LogP contribution >= 0.6 is 0 Å². The van der Waals surface area contributed by atoms with Gasteiger partial charge in [-0.25, -0.2) is 0 Å². The predicted molar refractivity (Wildman–Crippen MR) is 400 cm³/mol. The van der Waals surface area contributed by atoms with E-state index in [1.54, 1.807) is 0 Å². The average Bonchev–Trinajstić information content (AvgIpc) is 0.815. The monoisotopic (exact) mass is 1330 g/mol. The average molecular weight is 1330 g/mol. The SMILES string of the molecule is c1ccc(N(c2ccccc2)c2cc3c4c(c2)N(c2ccccc2)c2cc5c(cc2B4c2ccccc2N3c2ccccc2)B2c3ccccc3N(c3cccc4c3[se]c3ccccc34)c3cc(N(c4ccccc4)c4cccc6c4[se]c4ccccc46)cc(c32)O5)cc1. The van der Waals surface area contributed by atoms with Crippen LogP contribution in [0.5, 0.6) is 11.5 Å². The summed E-state index contributed by atoms with van der Waals surface area (Å²) in [5, 5.41) is 5.30. The predicted octanol–water partition coefficient (Wildman–Crippen LogP) is 17.8. The van der Waals surface area contributed by atoms with Gasteiger partial charge in [-0.05, 0) is 66.7 Å². The molecule has 0 saturated carbocycles. The summed E-state index contributed by atoms with van der Waals surface area (Å²) in [7, 11) is 0. The Balaban J connectivity index is 0.870. The van der Waals surface area contributed by atoms with Gasteiger partial charge >= 0.3 is 377 Å². The van der Waals surface area contributed by atoms with Crippen LogP contribution < -0.4 is 62.0 Å². The number of para-hydroxylation sites is 7. The molecule has 14 aromatic carbocycles. The Morgan fingerprint density at radius 2 is 0.702 bits per heavy atom. The van der Waals surface area contributed by atoms with Gasteiger partial charge in [0.2, 0.25) is 0 Å². The van der Waals surface area contributed by atoms with Crippen LogP contribution in [0.4, 0.5) is 85.3 Å². The third-order valence-electron chi connectivity index (χ3n) is 19.6. The van der Waals surface area contributed by atoms with Crippen molar-refractivity contribution in [2.75, 3.05) is 24.5 Å². The maximum Gasteiger partial charge on any atom is -0.0380 e. The molecule has 6 nitrogen and oxygen atoms in total. The second-order valence-electron chi connectivity index (χ2n) is 24.7. The second kappa shape index (κ2) is 21.3. The molecule has 2 aromatic heterocycles. The molecule has 0 N–H and O–H groups in total. The van der Waals surface area contributed by atoms with Crippen LogP contribution in [0.2, 0.25) is 0 Å². The van der Waals surface area contributed by atoms with Gasteiger partial charge in [0.05, 0.1) is 5.69 Å². The topological polar surface area (TPSA) is 25.4 Å².